The molecule has 1 aliphatic rings. The summed E-state index contributed by atoms with van der Waals surface area (Å²) >= 11 is 0. The molecule has 1 aromatic carbocycles. The second kappa shape index (κ2) is 5.16. The molecule has 2 amide bonds. The topological polar surface area (TPSA) is 83.9 Å². The van der Waals surface area contributed by atoms with Crippen molar-refractivity contribution in [2.75, 3.05) is 11.5 Å². The minimum Gasteiger partial charge on any atom is -0.480 e. The maximum absolute atomic E-state index is 12.1. The van der Waals surface area contributed by atoms with E-state index in [1.165, 1.54) is 6.07 Å². The summed E-state index contributed by atoms with van der Waals surface area (Å²) in [5.41, 5.74) is 1.01. The molecule has 0 saturated carbocycles. The van der Waals surface area contributed by atoms with Gasteiger partial charge < -0.3 is 9.84 Å². The number of imide groups is 1. The smallest absolute Gasteiger partial charge is 0.341 e. The van der Waals surface area contributed by atoms with Crippen molar-refractivity contribution in [2.45, 2.75) is 13.8 Å². The quantitative estimate of drug-likeness (QED) is 0.839. The summed E-state index contributed by atoms with van der Waals surface area (Å²) in [4.78, 5) is 35.7. The highest BCUT2D eigenvalue weighted by Gasteiger charge is 2.36. The molecule has 0 aliphatic carbocycles. The van der Waals surface area contributed by atoms with Crippen molar-refractivity contribution >= 4 is 23.5 Å². The van der Waals surface area contributed by atoms with Crippen molar-refractivity contribution in [1.29, 1.82) is 0 Å². The van der Waals surface area contributed by atoms with E-state index in [0.29, 0.717) is 11.1 Å². The third-order valence-electron chi connectivity index (χ3n) is 3.07. The first kappa shape index (κ1) is 13.8. The van der Waals surface area contributed by atoms with Gasteiger partial charge in [-0.25, -0.2) is 9.69 Å². The van der Waals surface area contributed by atoms with Crippen molar-refractivity contribution in [2.24, 2.45) is 0 Å². The van der Waals surface area contributed by atoms with Crippen LogP contribution in [0, 0.1) is 0 Å². The van der Waals surface area contributed by atoms with E-state index in [1.54, 1.807) is 32.0 Å². The Hall–Kier alpha value is -2.63. The Morgan fingerprint density at radius 1 is 1.15 bits per heavy atom. The molecule has 0 spiro atoms. The SMILES string of the molecule is CC1=C(C)C(=O)N(c2ccccc2OCC(=O)O)C1=O. The van der Waals surface area contributed by atoms with Gasteiger partial charge in [-0.2, -0.15) is 0 Å². The largest absolute Gasteiger partial charge is 0.480 e. The van der Waals surface area contributed by atoms with Crippen LogP contribution in [0.15, 0.2) is 35.4 Å². The van der Waals surface area contributed by atoms with Gasteiger partial charge in [0.1, 0.15) is 5.75 Å². The van der Waals surface area contributed by atoms with Gasteiger partial charge in [0.2, 0.25) is 0 Å². The zero-order valence-corrected chi connectivity index (χ0v) is 11.0. The van der Waals surface area contributed by atoms with Gasteiger partial charge in [-0.05, 0) is 26.0 Å². The van der Waals surface area contributed by atoms with Crippen molar-refractivity contribution in [3.63, 3.8) is 0 Å². The molecule has 6 heteroatoms. The third-order valence-corrected chi connectivity index (χ3v) is 3.07. The summed E-state index contributed by atoms with van der Waals surface area (Å²) in [5.74, 6) is -1.79. The fraction of sp³-hybridized carbons (Fsp3) is 0.214. The van der Waals surface area contributed by atoms with E-state index in [2.05, 4.69) is 0 Å². The highest BCUT2D eigenvalue weighted by molar-refractivity contribution is 6.32. The average Bonchev–Trinajstić information content (AvgIpc) is 2.61. The second-order valence-corrected chi connectivity index (χ2v) is 4.35. The molecule has 0 fully saturated rings. The lowest BCUT2D eigenvalue weighted by Crippen LogP contribution is -2.31. The van der Waals surface area contributed by atoms with Crippen LogP contribution in [-0.2, 0) is 14.4 Å². The summed E-state index contributed by atoms with van der Waals surface area (Å²) in [6.45, 7) is 2.62. The Morgan fingerprint density at radius 2 is 1.70 bits per heavy atom. The molecule has 1 N–H and O–H groups in total. The van der Waals surface area contributed by atoms with Crippen LogP contribution >= 0.6 is 0 Å². The van der Waals surface area contributed by atoms with Gasteiger partial charge in [-0.15, -0.1) is 0 Å². The summed E-state index contributed by atoms with van der Waals surface area (Å²) in [5, 5.41) is 8.64. The number of carboxylic acids is 1. The Bertz CT molecular complexity index is 608. The summed E-state index contributed by atoms with van der Waals surface area (Å²) < 4.78 is 5.11. The van der Waals surface area contributed by atoms with E-state index in [1.807, 2.05) is 0 Å². The zero-order chi connectivity index (χ0) is 14.9. The minimum atomic E-state index is -1.13. The molecule has 20 heavy (non-hydrogen) atoms. The van der Waals surface area contributed by atoms with Crippen LogP contribution in [0.4, 0.5) is 5.69 Å². The summed E-state index contributed by atoms with van der Waals surface area (Å²) in [6.07, 6.45) is 0. The van der Waals surface area contributed by atoms with Gasteiger partial charge in [0.05, 0.1) is 5.69 Å². The van der Waals surface area contributed by atoms with Gasteiger partial charge in [0, 0.05) is 11.1 Å². The second-order valence-electron chi connectivity index (χ2n) is 4.35. The third kappa shape index (κ3) is 2.27. The van der Waals surface area contributed by atoms with E-state index >= 15 is 0 Å². The van der Waals surface area contributed by atoms with Gasteiger partial charge >= 0.3 is 5.97 Å². The first-order valence-corrected chi connectivity index (χ1v) is 5.93. The number of hydrogen-bond donors (Lipinski definition) is 1. The summed E-state index contributed by atoms with van der Waals surface area (Å²) in [7, 11) is 0. The van der Waals surface area contributed by atoms with Crippen LogP contribution in [-0.4, -0.2) is 29.5 Å². The number of carboxylic acid groups (broad SMARTS) is 1. The number of rotatable bonds is 4. The first-order valence-electron chi connectivity index (χ1n) is 5.93. The number of nitrogens with zero attached hydrogens (tertiary/aromatic N) is 1. The lowest BCUT2D eigenvalue weighted by atomic mass is 10.2. The number of aliphatic carboxylic acids is 1. The molecule has 1 aromatic rings. The monoisotopic (exact) mass is 275 g/mol. The molecule has 0 saturated heterocycles. The predicted molar refractivity (Wildman–Crippen MR) is 70.4 cm³/mol. The molecular weight excluding hydrogens is 262 g/mol. The molecule has 0 unspecified atom stereocenters. The standard InChI is InChI=1S/C14H13NO5/c1-8-9(2)14(19)15(13(8)18)10-5-3-4-6-11(10)20-7-12(16)17/h3-6H,7H2,1-2H3,(H,16,17). The molecule has 1 aliphatic heterocycles. The van der Waals surface area contributed by atoms with Crippen molar-refractivity contribution in [3.05, 3.63) is 35.4 Å². The molecule has 1 heterocycles. The normalized spacial score (nSPS) is 15.0. The lowest BCUT2D eigenvalue weighted by Gasteiger charge is -2.18. The highest BCUT2D eigenvalue weighted by atomic mass is 16.5. The minimum absolute atomic E-state index is 0.180. The van der Waals surface area contributed by atoms with Crippen molar-refractivity contribution in [3.8, 4) is 5.75 Å². The summed E-state index contributed by atoms with van der Waals surface area (Å²) in [6, 6.07) is 6.34. The number of hydrogen-bond acceptors (Lipinski definition) is 4. The fourth-order valence-electron chi connectivity index (χ4n) is 1.87. The van der Waals surface area contributed by atoms with Gasteiger partial charge in [-0.1, -0.05) is 12.1 Å². The average molecular weight is 275 g/mol. The number of anilines is 1. The number of amides is 2. The molecule has 0 aromatic heterocycles. The molecule has 6 nitrogen and oxygen atoms in total. The zero-order valence-electron chi connectivity index (χ0n) is 11.0. The number of benzene rings is 1. The van der Waals surface area contributed by atoms with E-state index in [0.717, 1.165) is 4.90 Å². The lowest BCUT2D eigenvalue weighted by molar-refractivity contribution is -0.139. The number of carbonyl (C=O) groups is 3. The number of carbonyl (C=O) groups excluding carboxylic acids is 2. The first-order chi connectivity index (χ1) is 9.43. The van der Waals surface area contributed by atoms with E-state index in [-0.39, 0.29) is 11.4 Å². The maximum Gasteiger partial charge on any atom is 0.341 e. The van der Waals surface area contributed by atoms with Crippen LogP contribution in [0.3, 0.4) is 0 Å². The molecule has 2 rings (SSSR count). The van der Waals surface area contributed by atoms with Crippen molar-refractivity contribution in [1.82, 2.24) is 0 Å². The molecule has 0 atom stereocenters. The van der Waals surface area contributed by atoms with E-state index in [9.17, 15) is 14.4 Å². The van der Waals surface area contributed by atoms with Crippen LogP contribution in [0.2, 0.25) is 0 Å². The van der Waals surface area contributed by atoms with Crippen LogP contribution < -0.4 is 9.64 Å². The van der Waals surface area contributed by atoms with Gasteiger partial charge in [-0.3, -0.25) is 9.59 Å². The van der Waals surface area contributed by atoms with Crippen LogP contribution in [0.5, 0.6) is 5.75 Å². The molecule has 0 radical (unpaired) electrons. The Balaban J connectivity index is 2.37. The van der Waals surface area contributed by atoms with Crippen LogP contribution in [0.25, 0.3) is 0 Å². The van der Waals surface area contributed by atoms with Crippen molar-refractivity contribution < 1.29 is 24.2 Å². The Kier molecular flexibility index (Phi) is 3.56. The van der Waals surface area contributed by atoms with Gasteiger partial charge in [0.15, 0.2) is 6.61 Å². The molecule has 0 bridgehead atoms. The Labute approximate surface area is 115 Å². The fourth-order valence-corrected chi connectivity index (χ4v) is 1.87. The molecular formula is C14H13NO5. The Morgan fingerprint density at radius 3 is 2.25 bits per heavy atom. The van der Waals surface area contributed by atoms with E-state index in [4.69, 9.17) is 9.84 Å². The van der Waals surface area contributed by atoms with E-state index < -0.39 is 24.4 Å². The maximum atomic E-state index is 12.1. The highest BCUT2D eigenvalue weighted by Crippen LogP contribution is 2.33. The number of para-hydroxylation sites is 2. The van der Waals surface area contributed by atoms with Gasteiger partial charge in [0.25, 0.3) is 11.8 Å². The predicted octanol–water partition coefficient (Wildman–Crippen LogP) is 1.36. The number of ether oxygens (including phenoxy) is 1. The van der Waals surface area contributed by atoms with Crippen LogP contribution in [0.1, 0.15) is 13.8 Å². The molecule has 104 valence electrons.